The number of hydrogen-bond acceptors (Lipinski definition) is 7. The first-order valence-electron chi connectivity index (χ1n) is 13.0. The maximum atomic E-state index is 14.1. The van der Waals surface area contributed by atoms with Crippen LogP contribution in [-0.2, 0) is 19.2 Å². The molecule has 2 aliphatic heterocycles. The van der Waals surface area contributed by atoms with Gasteiger partial charge in [-0.3, -0.25) is 29.0 Å². The van der Waals surface area contributed by atoms with Crippen molar-refractivity contribution in [2.45, 2.75) is 28.5 Å². The molecule has 6 rings (SSSR count). The van der Waals surface area contributed by atoms with Crippen LogP contribution in [0.5, 0.6) is 11.5 Å². The fraction of sp³-hybridized carbons (Fsp3) is 0.345. The number of nitrogens with zero attached hydrogens (tertiary/aromatic N) is 2. The summed E-state index contributed by atoms with van der Waals surface area (Å²) in [6, 6.07) is 8.60. The van der Waals surface area contributed by atoms with Gasteiger partial charge in [0.1, 0.15) is 0 Å². The highest BCUT2D eigenvalue weighted by atomic mass is 79.9. The predicted molar refractivity (Wildman–Crippen MR) is 154 cm³/mol. The molecule has 218 valence electrons. The summed E-state index contributed by atoms with van der Waals surface area (Å²) in [4.78, 5) is 64.3. The minimum absolute atomic E-state index is 0.0814. The number of imide groups is 2. The summed E-state index contributed by atoms with van der Waals surface area (Å²) in [6.45, 7) is 0. The third-order valence-corrected chi connectivity index (χ3v) is 10.8. The first-order valence-corrected chi connectivity index (χ1v) is 14.5. The van der Waals surface area contributed by atoms with Crippen LogP contribution in [0.1, 0.15) is 34.7 Å². The molecule has 2 aromatic carbocycles. The molecule has 1 saturated carbocycles. The summed E-state index contributed by atoms with van der Waals surface area (Å²) in [7, 11) is 2.63. The molecule has 4 amide bonds. The lowest BCUT2D eigenvalue weighted by Gasteiger charge is -2.50. The highest BCUT2D eigenvalue weighted by Crippen LogP contribution is 2.66. The number of carboxylic acids is 1. The van der Waals surface area contributed by atoms with E-state index >= 15 is 0 Å². The fourth-order valence-corrected chi connectivity index (χ4v) is 8.56. The van der Waals surface area contributed by atoms with Gasteiger partial charge in [0, 0.05) is 23.0 Å². The van der Waals surface area contributed by atoms with E-state index < -0.39 is 63.0 Å². The average Bonchev–Trinajstić information content (AvgIpc) is 3.29. The van der Waals surface area contributed by atoms with Crippen LogP contribution >= 0.6 is 39.1 Å². The molecule has 0 radical (unpaired) electrons. The third-order valence-electron chi connectivity index (χ3n) is 8.97. The molecule has 0 bridgehead atoms. The zero-order chi connectivity index (χ0) is 30.5. The molecular formula is C29H23BrCl2N2O8. The van der Waals surface area contributed by atoms with Crippen molar-refractivity contribution < 1.29 is 38.9 Å². The van der Waals surface area contributed by atoms with Crippen molar-refractivity contribution in [1.29, 1.82) is 0 Å². The van der Waals surface area contributed by atoms with Gasteiger partial charge in [0.15, 0.2) is 21.2 Å². The molecule has 2 N–H and O–H groups in total. The number of methoxy groups -OCH3 is 1. The number of fused-ring (bicyclic) bond motifs is 4. The summed E-state index contributed by atoms with van der Waals surface area (Å²) in [5.41, 5.74) is 0.677. The van der Waals surface area contributed by atoms with Crippen LogP contribution < -0.4 is 9.64 Å². The number of halogens is 3. The topological polar surface area (TPSA) is 142 Å². The number of ether oxygens (including phenoxy) is 1. The number of alkyl halides is 2. The van der Waals surface area contributed by atoms with Crippen LogP contribution in [0.4, 0.5) is 5.69 Å². The molecule has 2 aliphatic carbocycles. The van der Waals surface area contributed by atoms with Gasteiger partial charge in [-0.2, -0.15) is 0 Å². The maximum Gasteiger partial charge on any atom is 0.335 e. The highest BCUT2D eigenvalue weighted by Gasteiger charge is 2.76. The number of likely N-dealkylation sites (tertiary alicyclic amines) is 1. The first kappa shape index (κ1) is 28.7. The molecule has 10 nitrogen and oxygen atoms in total. The number of phenols is 1. The van der Waals surface area contributed by atoms with E-state index in [-0.39, 0.29) is 41.2 Å². The molecule has 3 fully saturated rings. The molecule has 6 unspecified atom stereocenters. The number of carboxylic acid groups (broad SMARTS) is 1. The number of aromatic carboxylic acids is 1. The Labute approximate surface area is 257 Å². The van der Waals surface area contributed by atoms with Gasteiger partial charge in [-0.05, 0) is 49.1 Å². The van der Waals surface area contributed by atoms with Gasteiger partial charge in [0.2, 0.25) is 11.8 Å². The van der Waals surface area contributed by atoms with Gasteiger partial charge in [-0.25, -0.2) is 4.79 Å². The Hall–Kier alpha value is -3.41. The van der Waals surface area contributed by atoms with E-state index in [0.717, 1.165) is 9.80 Å². The van der Waals surface area contributed by atoms with Gasteiger partial charge in [-0.1, -0.05) is 33.6 Å². The lowest BCUT2D eigenvalue weighted by atomic mass is 9.56. The number of aromatic hydroxyl groups is 1. The summed E-state index contributed by atoms with van der Waals surface area (Å²) >= 11 is 17.7. The molecule has 2 aromatic rings. The third kappa shape index (κ3) is 3.59. The second kappa shape index (κ2) is 9.55. The van der Waals surface area contributed by atoms with Crippen molar-refractivity contribution >= 4 is 74.4 Å². The Bertz CT molecular complexity index is 1660. The molecule has 13 heteroatoms. The van der Waals surface area contributed by atoms with E-state index in [2.05, 4.69) is 15.9 Å². The smallest absolute Gasteiger partial charge is 0.335 e. The van der Waals surface area contributed by atoms with Crippen molar-refractivity contribution in [2.75, 3.05) is 19.1 Å². The van der Waals surface area contributed by atoms with E-state index in [1.807, 2.05) is 0 Å². The average molecular weight is 678 g/mol. The molecule has 2 saturated heterocycles. The van der Waals surface area contributed by atoms with Gasteiger partial charge in [0.05, 0.1) is 30.2 Å². The lowest BCUT2D eigenvalue weighted by molar-refractivity contribution is -0.138. The number of hydrogen-bond donors (Lipinski definition) is 2. The van der Waals surface area contributed by atoms with Gasteiger partial charge in [-0.15, -0.1) is 23.2 Å². The van der Waals surface area contributed by atoms with Crippen LogP contribution in [0.25, 0.3) is 0 Å². The van der Waals surface area contributed by atoms with Crippen molar-refractivity contribution in [3.63, 3.8) is 0 Å². The monoisotopic (exact) mass is 676 g/mol. The number of amides is 4. The van der Waals surface area contributed by atoms with Crippen molar-refractivity contribution in [3.05, 3.63) is 63.6 Å². The Morgan fingerprint density at radius 1 is 1.07 bits per heavy atom. The van der Waals surface area contributed by atoms with E-state index in [1.54, 1.807) is 12.1 Å². The number of carbonyl (C=O) groups excluding carboxylic acids is 4. The minimum Gasteiger partial charge on any atom is -0.504 e. The Balaban J connectivity index is 1.53. The molecule has 2 heterocycles. The summed E-state index contributed by atoms with van der Waals surface area (Å²) in [5.74, 6) is -7.82. The van der Waals surface area contributed by atoms with Gasteiger partial charge < -0.3 is 14.9 Å². The van der Waals surface area contributed by atoms with E-state index in [9.17, 15) is 34.2 Å². The second-order valence-corrected chi connectivity index (χ2v) is 13.1. The number of anilines is 1. The number of benzene rings is 2. The van der Waals surface area contributed by atoms with Crippen LogP contribution in [0.15, 0.2) is 52.5 Å². The highest BCUT2D eigenvalue weighted by molar-refractivity contribution is 9.10. The molecule has 42 heavy (non-hydrogen) atoms. The van der Waals surface area contributed by atoms with Crippen molar-refractivity contribution in [2.24, 2.45) is 17.8 Å². The van der Waals surface area contributed by atoms with Crippen LogP contribution in [0.3, 0.4) is 0 Å². The molecular weight excluding hydrogens is 655 g/mol. The normalized spacial score (nSPS) is 32.0. The van der Waals surface area contributed by atoms with Crippen LogP contribution in [0, 0.1) is 17.8 Å². The summed E-state index contributed by atoms with van der Waals surface area (Å²) in [5, 5.41) is 20.7. The predicted octanol–water partition coefficient (Wildman–Crippen LogP) is 4.05. The Kier molecular flexibility index (Phi) is 6.53. The van der Waals surface area contributed by atoms with Crippen molar-refractivity contribution in [3.8, 4) is 11.5 Å². The van der Waals surface area contributed by atoms with E-state index in [4.69, 9.17) is 27.9 Å². The molecule has 4 aliphatic rings. The quantitative estimate of drug-likeness (QED) is 0.281. The number of carbonyl (C=O) groups is 5. The van der Waals surface area contributed by atoms with Gasteiger partial charge in [0.25, 0.3) is 11.8 Å². The number of allylic oxidation sites excluding steroid dienone is 2. The van der Waals surface area contributed by atoms with Crippen LogP contribution in [-0.4, -0.2) is 68.6 Å². The summed E-state index contributed by atoms with van der Waals surface area (Å²) in [6.07, 6.45) is 1.63. The Morgan fingerprint density at radius 2 is 1.79 bits per heavy atom. The van der Waals surface area contributed by atoms with Crippen LogP contribution in [0.2, 0.25) is 0 Å². The number of phenolic OH excluding ortho intramolecular Hbond substituents is 1. The zero-order valence-electron chi connectivity index (χ0n) is 22.1. The van der Waals surface area contributed by atoms with Crippen molar-refractivity contribution in [1.82, 2.24) is 4.90 Å². The van der Waals surface area contributed by atoms with E-state index in [1.165, 1.54) is 44.5 Å². The SMILES string of the molecule is COc1cc(Br)cc(C2C3=CCC4C(=O)N(c5cccc(C(=O)O)c5)C(=O)C4C3CC3(Cl)C(=O)N(C)C(=O)C23Cl)c1O. The molecule has 0 spiro atoms. The summed E-state index contributed by atoms with van der Waals surface area (Å²) < 4.78 is 5.83. The largest absolute Gasteiger partial charge is 0.504 e. The zero-order valence-corrected chi connectivity index (χ0v) is 25.2. The van der Waals surface area contributed by atoms with E-state index in [0.29, 0.717) is 10.0 Å². The molecule has 6 atom stereocenters. The van der Waals surface area contributed by atoms with Gasteiger partial charge >= 0.3 is 5.97 Å². The Morgan fingerprint density at radius 3 is 2.45 bits per heavy atom. The number of rotatable bonds is 4. The first-order chi connectivity index (χ1) is 19.8. The lowest BCUT2D eigenvalue weighted by Crippen LogP contribution is -2.60. The minimum atomic E-state index is -2.07. The maximum absolute atomic E-state index is 14.1. The standard InChI is InChI=1S/C29H23BrCl2N2O8/c1-33-26(40)28(31)11-18-15(21(29(28,32)27(33)41)17-9-13(30)10-19(42-2)22(17)35)6-7-16-20(18)24(37)34(23(16)36)14-5-3-4-12(8-14)25(38)39/h3-6,8-10,16,18,20-21,35H,7,11H2,1-2H3,(H,38,39). The molecule has 0 aromatic heterocycles. The second-order valence-electron chi connectivity index (χ2n) is 10.9. The fourth-order valence-electron chi connectivity index (χ4n) is 7.09.